The Kier molecular flexibility index (Phi) is 2.75. The van der Waals surface area contributed by atoms with Crippen molar-refractivity contribution < 1.29 is 0 Å². The van der Waals surface area contributed by atoms with E-state index in [-0.39, 0.29) is 5.69 Å². The van der Waals surface area contributed by atoms with Gasteiger partial charge in [-0.05, 0) is 23.8 Å². The Labute approximate surface area is 95.7 Å². The maximum atomic E-state index is 10.8. The molecule has 0 atom stereocenters. The van der Waals surface area contributed by atoms with Crippen molar-refractivity contribution in [3.8, 4) is 11.1 Å². The van der Waals surface area contributed by atoms with E-state index in [0.29, 0.717) is 10.0 Å². The molecule has 2 rings (SSSR count). The van der Waals surface area contributed by atoms with Gasteiger partial charge in [0.2, 0.25) is 0 Å². The minimum Gasteiger partial charge on any atom is -0.312 e. The number of aromatic amines is 1. The van der Waals surface area contributed by atoms with Crippen LogP contribution in [0.15, 0.2) is 35.4 Å². The van der Waals surface area contributed by atoms with E-state index in [9.17, 15) is 4.79 Å². The highest BCUT2D eigenvalue weighted by Crippen LogP contribution is 2.25. The molecule has 1 aromatic heterocycles. The zero-order valence-corrected chi connectivity index (χ0v) is 9.01. The molecular weight excluding hydrogens is 235 g/mol. The normalized spacial score (nSPS) is 10.3. The van der Waals surface area contributed by atoms with E-state index in [2.05, 4.69) is 9.97 Å². The van der Waals surface area contributed by atoms with Crippen LogP contribution in [-0.2, 0) is 0 Å². The number of nitrogens with one attached hydrogen (secondary N) is 1. The van der Waals surface area contributed by atoms with Gasteiger partial charge in [-0.3, -0.25) is 0 Å². The topological polar surface area (TPSA) is 45.8 Å². The number of aromatic nitrogens is 2. The van der Waals surface area contributed by atoms with Crippen molar-refractivity contribution in [3.05, 3.63) is 51.1 Å². The fraction of sp³-hybridized carbons (Fsp3) is 0. The lowest BCUT2D eigenvalue weighted by Gasteiger charge is -2.01. The third-order valence-corrected chi connectivity index (χ3v) is 2.30. The van der Waals surface area contributed by atoms with E-state index < -0.39 is 0 Å². The molecule has 76 valence electrons. The van der Waals surface area contributed by atoms with Crippen LogP contribution in [0.2, 0.25) is 10.0 Å². The molecule has 1 N–H and O–H groups in total. The molecule has 1 aromatic carbocycles. The molecule has 0 aliphatic carbocycles. The third-order valence-electron chi connectivity index (χ3n) is 1.87. The Morgan fingerprint density at radius 1 is 1.07 bits per heavy atom. The fourth-order valence-electron chi connectivity index (χ4n) is 1.22. The molecule has 0 bridgehead atoms. The lowest BCUT2D eigenvalue weighted by molar-refractivity contribution is 1.08. The molecule has 0 saturated heterocycles. The first-order valence-corrected chi connectivity index (χ1v) is 4.92. The van der Waals surface area contributed by atoms with Gasteiger partial charge in [0.1, 0.15) is 0 Å². The fourth-order valence-corrected chi connectivity index (χ4v) is 1.75. The average molecular weight is 241 g/mol. The summed E-state index contributed by atoms with van der Waals surface area (Å²) in [5.41, 5.74) is 1.20. The number of hydrogen-bond donors (Lipinski definition) is 1. The van der Waals surface area contributed by atoms with Crippen molar-refractivity contribution in [1.29, 1.82) is 0 Å². The average Bonchev–Trinajstić information content (AvgIpc) is 2.17. The second-order valence-corrected chi connectivity index (χ2v) is 3.84. The van der Waals surface area contributed by atoms with Crippen molar-refractivity contribution in [2.24, 2.45) is 0 Å². The van der Waals surface area contributed by atoms with Crippen molar-refractivity contribution in [2.45, 2.75) is 0 Å². The number of rotatable bonds is 1. The molecule has 0 aliphatic rings. The van der Waals surface area contributed by atoms with Gasteiger partial charge < -0.3 is 4.98 Å². The van der Waals surface area contributed by atoms with E-state index in [1.165, 1.54) is 6.20 Å². The minimum absolute atomic E-state index is 0.383. The summed E-state index contributed by atoms with van der Waals surface area (Å²) in [6.07, 6.45) is 3.04. The SMILES string of the molecule is O=c1ncc(-c2cc(Cl)cc(Cl)c2)c[nH]1. The molecule has 0 spiro atoms. The molecule has 0 radical (unpaired) electrons. The highest BCUT2D eigenvalue weighted by Gasteiger charge is 2.01. The van der Waals surface area contributed by atoms with Crippen LogP contribution >= 0.6 is 23.2 Å². The second-order valence-electron chi connectivity index (χ2n) is 2.97. The first-order valence-electron chi connectivity index (χ1n) is 4.16. The summed E-state index contributed by atoms with van der Waals surface area (Å²) in [6, 6.07) is 5.15. The van der Waals surface area contributed by atoms with Crippen molar-refractivity contribution in [2.75, 3.05) is 0 Å². The van der Waals surface area contributed by atoms with Crippen LogP contribution in [0.25, 0.3) is 11.1 Å². The molecule has 1 heterocycles. The van der Waals surface area contributed by atoms with E-state index >= 15 is 0 Å². The zero-order chi connectivity index (χ0) is 10.8. The maximum Gasteiger partial charge on any atom is 0.344 e. The Morgan fingerprint density at radius 2 is 1.73 bits per heavy atom. The van der Waals surface area contributed by atoms with Crippen LogP contribution in [0.5, 0.6) is 0 Å². The summed E-state index contributed by atoms with van der Waals surface area (Å²) in [5, 5.41) is 1.09. The molecule has 3 nitrogen and oxygen atoms in total. The summed E-state index contributed by atoms with van der Waals surface area (Å²) >= 11 is 11.7. The monoisotopic (exact) mass is 240 g/mol. The van der Waals surface area contributed by atoms with Gasteiger partial charge in [0, 0.05) is 28.0 Å². The predicted molar refractivity (Wildman–Crippen MR) is 60.3 cm³/mol. The van der Waals surface area contributed by atoms with Crippen molar-refractivity contribution in [1.82, 2.24) is 9.97 Å². The number of H-pyrrole nitrogens is 1. The summed E-state index contributed by atoms with van der Waals surface area (Å²) in [5.74, 6) is 0. The Balaban J connectivity index is 2.53. The van der Waals surface area contributed by atoms with Gasteiger partial charge in [-0.25, -0.2) is 9.78 Å². The first-order chi connectivity index (χ1) is 7.15. The van der Waals surface area contributed by atoms with Gasteiger partial charge in [0.15, 0.2) is 0 Å². The molecule has 0 amide bonds. The molecule has 2 aromatic rings. The van der Waals surface area contributed by atoms with Crippen LogP contribution in [0, 0.1) is 0 Å². The summed E-state index contributed by atoms with van der Waals surface area (Å²) in [6.45, 7) is 0. The largest absolute Gasteiger partial charge is 0.344 e. The number of benzene rings is 1. The van der Waals surface area contributed by atoms with E-state index in [1.54, 1.807) is 24.4 Å². The van der Waals surface area contributed by atoms with Gasteiger partial charge in [-0.15, -0.1) is 0 Å². The summed E-state index contributed by atoms with van der Waals surface area (Å²) < 4.78 is 0. The minimum atomic E-state index is -0.383. The summed E-state index contributed by atoms with van der Waals surface area (Å²) in [4.78, 5) is 16.9. The molecule has 0 unspecified atom stereocenters. The van der Waals surface area contributed by atoms with Gasteiger partial charge in [-0.2, -0.15) is 0 Å². The number of nitrogens with zero attached hydrogens (tertiary/aromatic N) is 1. The van der Waals surface area contributed by atoms with Gasteiger partial charge in [-0.1, -0.05) is 23.2 Å². The molecule has 15 heavy (non-hydrogen) atoms. The van der Waals surface area contributed by atoms with Gasteiger partial charge in [0.25, 0.3) is 0 Å². The highest BCUT2D eigenvalue weighted by molar-refractivity contribution is 6.35. The van der Waals surface area contributed by atoms with Crippen LogP contribution in [-0.4, -0.2) is 9.97 Å². The Morgan fingerprint density at radius 3 is 2.27 bits per heavy atom. The molecule has 0 saturated carbocycles. The van der Waals surface area contributed by atoms with E-state index in [0.717, 1.165) is 11.1 Å². The first kappa shape index (κ1) is 10.2. The third kappa shape index (κ3) is 2.37. The van der Waals surface area contributed by atoms with Gasteiger partial charge in [0.05, 0.1) is 0 Å². The molecule has 0 aliphatic heterocycles. The Hall–Kier alpha value is -1.32. The standard InChI is InChI=1S/C10H6Cl2N2O/c11-8-1-6(2-9(12)3-8)7-4-13-10(15)14-5-7/h1-5H,(H,13,14,15). The van der Waals surface area contributed by atoms with Gasteiger partial charge >= 0.3 is 5.69 Å². The quantitative estimate of drug-likeness (QED) is 0.834. The van der Waals surface area contributed by atoms with Crippen LogP contribution in [0.4, 0.5) is 0 Å². The number of hydrogen-bond acceptors (Lipinski definition) is 2. The maximum absolute atomic E-state index is 10.8. The highest BCUT2D eigenvalue weighted by atomic mass is 35.5. The van der Waals surface area contributed by atoms with Crippen LogP contribution in [0.3, 0.4) is 0 Å². The molecule has 5 heteroatoms. The Bertz CT molecular complexity index is 511. The van der Waals surface area contributed by atoms with Crippen molar-refractivity contribution >= 4 is 23.2 Å². The van der Waals surface area contributed by atoms with Crippen molar-refractivity contribution in [3.63, 3.8) is 0 Å². The van der Waals surface area contributed by atoms with Crippen LogP contribution < -0.4 is 5.69 Å². The summed E-state index contributed by atoms with van der Waals surface area (Å²) in [7, 11) is 0. The number of halogens is 2. The lowest BCUT2D eigenvalue weighted by atomic mass is 10.1. The van der Waals surface area contributed by atoms with Crippen LogP contribution in [0.1, 0.15) is 0 Å². The lowest BCUT2D eigenvalue weighted by Crippen LogP contribution is -2.07. The smallest absolute Gasteiger partial charge is 0.312 e. The zero-order valence-electron chi connectivity index (χ0n) is 7.50. The molecule has 0 fully saturated rings. The second kappa shape index (κ2) is 4.04. The molecular formula is C10H6Cl2N2O. The predicted octanol–water partition coefficient (Wildman–Crippen LogP) is 2.74. The van der Waals surface area contributed by atoms with E-state index in [1.807, 2.05) is 0 Å². The van der Waals surface area contributed by atoms with E-state index in [4.69, 9.17) is 23.2 Å².